The molecule has 0 spiro atoms. The molecule has 0 unspecified atom stereocenters. The zero-order chi connectivity index (χ0) is 37.0. The molecule has 0 N–H and O–H groups in total. The van der Waals surface area contributed by atoms with Crippen molar-refractivity contribution in [3.05, 3.63) is 0 Å². The summed E-state index contributed by atoms with van der Waals surface area (Å²) in [5.41, 5.74) is -8.26. The lowest BCUT2D eigenvalue weighted by Crippen LogP contribution is -2.79. The molecule has 266 valence electrons. The van der Waals surface area contributed by atoms with Crippen LogP contribution in [0.4, 0.5) is 123 Å². The summed E-state index contributed by atoms with van der Waals surface area (Å²) in [5, 5.41) is 0. The van der Waals surface area contributed by atoms with Crippen LogP contribution in [-0.2, 0) is 0 Å². The summed E-state index contributed by atoms with van der Waals surface area (Å²) in [6.07, 6.45) is -8.26. The largest absolute Gasteiger partial charge is 0.460 e. The average molecular weight is 787 g/mol. The van der Waals surface area contributed by atoms with E-state index in [9.17, 15) is 123 Å². The van der Waals surface area contributed by atoms with Crippen molar-refractivity contribution in [2.45, 2.75) is 76.7 Å². The molecule has 0 bridgehead atoms. The lowest BCUT2D eigenvalue weighted by atomic mass is 9.85. The Bertz CT molecular complexity index is 978. The highest BCUT2D eigenvalue weighted by molar-refractivity contribution is 7.47. The van der Waals surface area contributed by atoms with Gasteiger partial charge in [-0.2, -0.15) is 114 Å². The summed E-state index contributed by atoms with van der Waals surface area (Å²) in [6.45, 7) is -8.71. The fraction of sp³-hybridized carbons (Fsp3) is 1.00. The fourth-order valence-electron chi connectivity index (χ4n) is 2.33. The predicted octanol–water partition coefficient (Wildman–Crippen LogP) is 10.1. The molecule has 0 radical (unpaired) electrons. The minimum absolute atomic E-state index is 3.76. The summed E-state index contributed by atoms with van der Waals surface area (Å²) in [4.78, 5) is 0. The lowest BCUT2D eigenvalue weighted by Gasteiger charge is -2.46. The zero-order valence-corrected chi connectivity index (χ0v) is 20.9. The van der Waals surface area contributed by atoms with E-state index in [1.165, 1.54) is 0 Å². The number of alkyl halides is 28. The molecule has 0 aromatic carbocycles. The van der Waals surface area contributed by atoms with Crippen LogP contribution in [0.5, 0.6) is 0 Å². The van der Waals surface area contributed by atoms with Gasteiger partial charge in [-0.3, -0.25) is 0 Å². The molecule has 0 aliphatic carbocycles. The van der Waals surface area contributed by atoms with Crippen molar-refractivity contribution in [2.24, 2.45) is 0 Å². The van der Waals surface area contributed by atoms with Crippen LogP contribution < -0.4 is 0 Å². The van der Waals surface area contributed by atoms with E-state index in [0.717, 1.165) is 0 Å². The van der Waals surface area contributed by atoms with Crippen LogP contribution >= 0.6 is 22.2 Å². The third-order valence-corrected chi connectivity index (χ3v) is 9.57. The van der Waals surface area contributed by atoms with Gasteiger partial charge in [-0.15, -0.1) is 22.2 Å². The second-order valence-corrected chi connectivity index (χ2v) is 14.2. The summed E-state index contributed by atoms with van der Waals surface area (Å²) >= 11 is 7.53. The molecular formula is C13Cl2F28Si. The third-order valence-electron chi connectivity index (χ3n) is 5.05. The average Bonchev–Trinajstić information content (AvgIpc) is 2.75. The van der Waals surface area contributed by atoms with Gasteiger partial charge in [0, 0.05) is 0 Å². The van der Waals surface area contributed by atoms with E-state index in [1.54, 1.807) is 0 Å². The van der Waals surface area contributed by atoms with Gasteiger partial charge in [0.2, 0.25) is 0 Å². The Morgan fingerprint density at radius 2 is 0.409 bits per heavy atom. The number of rotatable bonds is 11. The molecule has 0 amide bonds. The van der Waals surface area contributed by atoms with E-state index in [0.29, 0.717) is 0 Å². The minimum Gasteiger partial charge on any atom is -0.201 e. The maximum atomic E-state index is 13.7. The molecule has 44 heavy (non-hydrogen) atoms. The molecule has 0 atom stereocenters. The van der Waals surface area contributed by atoms with Crippen LogP contribution in [0, 0.1) is 0 Å². The first-order valence-corrected chi connectivity index (χ1v) is 12.9. The van der Waals surface area contributed by atoms with Gasteiger partial charge in [-0.25, -0.2) is 8.78 Å². The van der Waals surface area contributed by atoms with E-state index in [2.05, 4.69) is 22.2 Å². The molecule has 0 aliphatic heterocycles. The van der Waals surface area contributed by atoms with Crippen LogP contribution in [0.15, 0.2) is 0 Å². The predicted molar refractivity (Wildman–Crippen MR) is 84.0 cm³/mol. The highest BCUT2D eigenvalue weighted by Gasteiger charge is 3.00. The van der Waals surface area contributed by atoms with Gasteiger partial charge in [0.25, 0.3) is 0 Å². The van der Waals surface area contributed by atoms with Gasteiger partial charge in [0.05, 0.1) is 0 Å². The lowest BCUT2D eigenvalue weighted by molar-refractivity contribution is -0.480. The topological polar surface area (TPSA) is 0 Å². The Kier molecular flexibility index (Phi) is 9.90. The van der Waals surface area contributed by atoms with E-state index in [-0.39, 0.29) is 0 Å². The van der Waals surface area contributed by atoms with Crippen LogP contribution in [0.3, 0.4) is 0 Å². The van der Waals surface area contributed by atoms with E-state index in [1.807, 2.05) is 0 Å². The Labute approximate surface area is 229 Å². The smallest absolute Gasteiger partial charge is 0.201 e. The Hall–Kier alpha value is -1.16. The molecule has 0 nitrogen and oxygen atoms in total. The highest BCUT2D eigenvalue weighted by atomic mass is 35.7. The quantitative estimate of drug-likeness (QED) is 0.111. The molecule has 0 fully saturated rings. The van der Waals surface area contributed by atoms with Crippen LogP contribution in [0.1, 0.15) is 0 Å². The SMILES string of the molecule is FC(F)(F)C(F)(F)C(F)(F)C(F)(F)C(F)(F)C(F)(F)C(F)(F)C(F)(F)C(F)(F)C(F)(F)C(F)(F)C(F)(F)[Si](Cl)(Cl)C(F)(F)F. The van der Waals surface area contributed by atoms with E-state index in [4.69, 9.17) is 0 Å². The van der Waals surface area contributed by atoms with Gasteiger partial charge >= 0.3 is 83.4 Å². The van der Waals surface area contributed by atoms with E-state index >= 15 is 0 Å². The molecular weight excluding hydrogens is 787 g/mol. The number of halogens is 30. The van der Waals surface area contributed by atoms with Crippen molar-refractivity contribution in [1.29, 1.82) is 0 Å². The number of hydrogen-bond acceptors (Lipinski definition) is 0. The maximum absolute atomic E-state index is 13.7. The van der Waals surface area contributed by atoms with Crippen molar-refractivity contribution in [3.63, 3.8) is 0 Å². The molecule has 0 aliphatic rings. The molecule has 0 aromatic rings. The Morgan fingerprint density at radius 1 is 0.250 bits per heavy atom. The normalized spacial score (nSPS) is 17.3. The maximum Gasteiger partial charge on any atom is 0.460 e. The molecule has 0 saturated carbocycles. The monoisotopic (exact) mass is 786 g/mol. The van der Waals surface area contributed by atoms with Crippen LogP contribution in [0.2, 0.25) is 0 Å². The van der Waals surface area contributed by atoms with Crippen molar-refractivity contribution in [3.8, 4) is 0 Å². The molecule has 0 saturated heterocycles. The first kappa shape index (κ1) is 42.8. The van der Waals surface area contributed by atoms with Crippen molar-refractivity contribution in [2.75, 3.05) is 0 Å². The van der Waals surface area contributed by atoms with Gasteiger partial charge < -0.3 is 0 Å². The minimum atomic E-state index is -9.84. The molecule has 0 heterocycles. The van der Waals surface area contributed by atoms with Crippen molar-refractivity contribution >= 4 is 28.9 Å². The van der Waals surface area contributed by atoms with Gasteiger partial charge in [-0.05, 0) is 0 Å². The van der Waals surface area contributed by atoms with Crippen molar-refractivity contribution in [1.82, 2.24) is 0 Å². The Morgan fingerprint density at radius 3 is 0.568 bits per heavy atom. The molecule has 0 aromatic heterocycles. The second kappa shape index (κ2) is 10.2. The first-order chi connectivity index (χ1) is 18.2. The van der Waals surface area contributed by atoms with Crippen LogP contribution in [-0.4, -0.2) is 83.4 Å². The van der Waals surface area contributed by atoms with E-state index < -0.39 is 83.4 Å². The van der Waals surface area contributed by atoms with Gasteiger partial charge in [0.15, 0.2) is 0 Å². The molecule has 0 rings (SSSR count). The van der Waals surface area contributed by atoms with Gasteiger partial charge in [-0.1, -0.05) is 0 Å². The van der Waals surface area contributed by atoms with Crippen LogP contribution in [0.25, 0.3) is 0 Å². The fourth-order valence-corrected chi connectivity index (χ4v) is 3.95. The van der Waals surface area contributed by atoms with Gasteiger partial charge in [0.1, 0.15) is 0 Å². The van der Waals surface area contributed by atoms with Crippen molar-refractivity contribution < 1.29 is 123 Å². The Balaban J connectivity index is 7.52. The highest BCUT2D eigenvalue weighted by Crippen LogP contribution is 2.68. The summed E-state index contributed by atoms with van der Waals surface area (Å²) in [6, 6.07) is 0. The third kappa shape index (κ3) is 4.83. The molecule has 31 heteroatoms. The summed E-state index contributed by atoms with van der Waals surface area (Å²) in [7, 11) is 0. The summed E-state index contributed by atoms with van der Waals surface area (Å²) in [5.74, 6) is -102. The summed E-state index contributed by atoms with van der Waals surface area (Å²) < 4.78 is 369. The number of hydrogen-bond donors (Lipinski definition) is 0. The second-order valence-electron chi connectivity index (χ2n) is 7.89. The zero-order valence-electron chi connectivity index (χ0n) is 18.3. The first-order valence-electron chi connectivity index (χ1n) is 8.92. The standard InChI is InChI=1S/C13Cl2F28Si/c14-44(15,13(41,42)43)12(39,40)10(34,35)8(30,31)6(26,27)4(22,23)2(18,19)1(16,17)3(20,21)5(24,25)7(28,29)9(32,33)11(36,37)38.